The van der Waals surface area contributed by atoms with E-state index in [4.69, 9.17) is 5.73 Å². The van der Waals surface area contributed by atoms with Crippen molar-refractivity contribution in [2.45, 2.75) is 9.79 Å². The Bertz CT molecular complexity index is 981. The molecule has 0 aromatic heterocycles. The molecule has 3 rings (SSSR count). The lowest BCUT2D eigenvalue weighted by Gasteiger charge is -2.18. The minimum absolute atomic E-state index is 0.0566. The first kappa shape index (κ1) is 14.5. The van der Waals surface area contributed by atoms with Gasteiger partial charge < -0.3 is 5.73 Å². The van der Waals surface area contributed by atoms with Gasteiger partial charge in [0.25, 0.3) is 0 Å². The van der Waals surface area contributed by atoms with Crippen molar-refractivity contribution in [3.8, 4) is 0 Å². The van der Waals surface area contributed by atoms with E-state index in [1.54, 1.807) is 18.2 Å². The van der Waals surface area contributed by atoms with Gasteiger partial charge in [-0.25, -0.2) is 8.42 Å². The third-order valence-corrected chi connectivity index (χ3v) is 5.81. The van der Waals surface area contributed by atoms with Crippen LogP contribution in [0.3, 0.4) is 0 Å². The fourth-order valence-electron chi connectivity index (χ4n) is 2.17. The molecule has 0 fully saturated rings. The van der Waals surface area contributed by atoms with Crippen LogP contribution in [-0.4, -0.2) is 22.7 Å². The molecule has 0 atom stereocenters. The van der Waals surface area contributed by atoms with Crippen LogP contribution < -0.4 is 10.5 Å². The lowest BCUT2D eigenvalue weighted by Crippen LogP contribution is -2.28. The standard InChI is InChI=1S/C13H11N3O4S2/c14-13-12-10(15-22(19,20)16-13)7-4-8-11(12)21(17,18)9-5-2-1-3-6-9/h1-8,15H,(H2,14,16). The number of fused-ring (bicyclic) bond motifs is 1. The molecule has 0 aliphatic carbocycles. The van der Waals surface area contributed by atoms with Gasteiger partial charge in [0, 0.05) is 0 Å². The summed E-state index contributed by atoms with van der Waals surface area (Å²) in [6.07, 6.45) is 0. The lowest BCUT2D eigenvalue weighted by molar-refractivity contribution is 0.594. The quantitative estimate of drug-likeness (QED) is 0.844. The molecular formula is C13H11N3O4S2. The highest BCUT2D eigenvalue weighted by molar-refractivity contribution is 7.92. The lowest BCUT2D eigenvalue weighted by atomic mass is 10.1. The Morgan fingerprint density at radius 3 is 2.36 bits per heavy atom. The van der Waals surface area contributed by atoms with Gasteiger partial charge in [-0.05, 0) is 24.3 Å². The highest BCUT2D eigenvalue weighted by Gasteiger charge is 2.29. The largest absolute Gasteiger partial charge is 0.382 e. The maximum Gasteiger partial charge on any atom is 0.344 e. The zero-order valence-electron chi connectivity index (χ0n) is 11.1. The topological polar surface area (TPSA) is 119 Å². The van der Waals surface area contributed by atoms with Crippen molar-refractivity contribution in [2.24, 2.45) is 10.1 Å². The molecule has 9 heteroatoms. The molecule has 1 aliphatic heterocycles. The first-order chi connectivity index (χ1) is 10.3. The molecule has 7 nitrogen and oxygen atoms in total. The van der Waals surface area contributed by atoms with Crippen molar-refractivity contribution in [1.29, 1.82) is 0 Å². The summed E-state index contributed by atoms with van der Waals surface area (Å²) >= 11 is 0. The summed E-state index contributed by atoms with van der Waals surface area (Å²) in [6, 6.07) is 12.0. The average Bonchev–Trinajstić information content (AvgIpc) is 2.46. The van der Waals surface area contributed by atoms with Gasteiger partial charge >= 0.3 is 10.2 Å². The van der Waals surface area contributed by atoms with E-state index in [-0.39, 0.29) is 26.9 Å². The van der Waals surface area contributed by atoms with Crippen molar-refractivity contribution in [1.82, 2.24) is 0 Å². The van der Waals surface area contributed by atoms with Crippen LogP contribution in [0.5, 0.6) is 0 Å². The third-order valence-electron chi connectivity index (χ3n) is 3.08. The predicted octanol–water partition coefficient (Wildman–Crippen LogP) is 0.895. The second kappa shape index (κ2) is 4.82. The minimum atomic E-state index is -3.95. The van der Waals surface area contributed by atoms with Crippen LogP contribution in [-0.2, 0) is 20.0 Å². The van der Waals surface area contributed by atoms with Gasteiger partial charge in [0.05, 0.1) is 21.0 Å². The van der Waals surface area contributed by atoms with Crippen molar-refractivity contribution in [3.05, 3.63) is 54.1 Å². The zero-order chi connectivity index (χ0) is 16.0. The van der Waals surface area contributed by atoms with Gasteiger partial charge in [-0.15, -0.1) is 4.40 Å². The van der Waals surface area contributed by atoms with Crippen LogP contribution in [0.1, 0.15) is 5.56 Å². The Hall–Kier alpha value is -2.39. The van der Waals surface area contributed by atoms with Crippen molar-refractivity contribution in [3.63, 3.8) is 0 Å². The number of sulfone groups is 1. The van der Waals surface area contributed by atoms with E-state index in [1.165, 1.54) is 30.3 Å². The van der Waals surface area contributed by atoms with Crippen molar-refractivity contribution in [2.75, 3.05) is 4.72 Å². The molecule has 0 spiro atoms. The summed E-state index contributed by atoms with van der Waals surface area (Å²) in [4.78, 5) is -0.00974. The van der Waals surface area contributed by atoms with Crippen LogP contribution in [0.15, 0.2) is 62.7 Å². The molecule has 0 unspecified atom stereocenters. The van der Waals surface area contributed by atoms with E-state index < -0.39 is 20.0 Å². The summed E-state index contributed by atoms with van der Waals surface area (Å²) in [5.74, 6) is -0.358. The molecule has 0 radical (unpaired) electrons. The van der Waals surface area contributed by atoms with E-state index in [0.29, 0.717) is 0 Å². The van der Waals surface area contributed by atoms with E-state index >= 15 is 0 Å². The maximum atomic E-state index is 12.7. The number of amidine groups is 1. The fourth-order valence-corrected chi connectivity index (χ4v) is 4.52. The van der Waals surface area contributed by atoms with Gasteiger partial charge in [-0.3, -0.25) is 4.72 Å². The Kier molecular flexibility index (Phi) is 3.18. The number of hydrogen-bond donors (Lipinski definition) is 2. The first-order valence-electron chi connectivity index (χ1n) is 6.13. The van der Waals surface area contributed by atoms with Crippen LogP contribution in [0.25, 0.3) is 0 Å². The second-order valence-electron chi connectivity index (χ2n) is 4.55. The van der Waals surface area contributed by atoms with Gasteiger partial charge in [-0.1, -0.05) is 24.3 Å². The highest BCUT2D eigenvalue weighted by atomic mass is 32.2. The molecule has 1 heterocycles. The molecule has 2 aromatic carbocycles. The predicted molar refractivity (Wildman–Crippen MR) is 81.6 cm³/mol. The number of hydrogen-bond acceptors (Lipinski definition) is 5. The summed E-state index contributed by atoms with van der Waals surface area (Å²) in [7, 11) is -7.80. The Morgan fingerprint density at radius 2 is 1.68 bits per heavy atom. The Morgan fingerprint density at radius 1 is 1.00 bits per heavy atom. The molecule has 22 heavy (non-hydrogen) atoms. The van der Waals surface area contributed by atoms with E-state index in [1.807, 2.05) is 0 Å². The van der Waals surface area contributed by atoms with E-state index in [9.17, 15) is 16.8 Å². The van der Waals surface area contributed by atoms with E-state index in [2.05, 4.69) is 9.12 Å². The van der Waals surface area contributed by atoms with Crippen molar-refractivity contribution < 1.29 is 16.8 Å². The number of nitrogens with zero attached hydrogens (tertiary/aromatic N) is 1. The van der Waals surface area contributed by atoms with Crippen LogP contribution in [0.4, 0.5) is 5.69 Å². The summed E-state index contributed by atoms with van der Waals surface area (Å²) < 4.78 is 54.0. The fraction of sp³-hybridized carbons (Fsp3) is 0. The maximum absolute atomic E-state index is 12.7. The number of benzene rings is 2. The highest BCUT2D eigenvalue weighted by Crippen LogP contribution is 2.31. The number of anilines is 1. The monoisotopic (exact) mass is 337 g/mol. The van der Waals surface area contributed by atoms with Crippen molar-refractivity contribution >= 4 is 31.6 Å². The molecule has 1 aliphatic rings. The summed E-state index contributed by atoms with van der Waals surface area (Å²) in [5.41, 5.74) is 5.81. The molecule has 114 valence electrons. The SMILES string of the molecule is NC1=NS(=O)(=O)Nc2cccc(S(=O)(=O)c3ccccc3)c21. The molecular weight excluding hydrogens is 326 g/mol. The van der Waals surface area contributed by atoms with Gasteiger partial charge in [0.1, 0.15) is 5.84 Å². The molecule has 0 bridgehead atoms. The first-order valence-corrected chi connectivity index (χ1v) is 9.05. The van der Waals surface area contributed by atoms with E-state index in [0.717, 1.165) is 0 Å². The zero-order valence-corrected chi connectivity index (χ0v) is 12.7. The molecule has 0 amide bonds. The summed E-state index contributed by atoms with van der Waals surface area (Å²) in [6.45, 7) is 0. The Labute approximate surface area is 127 Å². The summed E-state index contributed by atoms with van der Waals surface area (Å²) in [5, 5.41) is 0. The van der Waals surface area contributed by atoms with Crippen LogP contribution in [0, 0.1) is 0 Å². The second-order valence-corrected chi connectivity index (χ2v) is 7.80. The number of nitrogens with two attached hydrogens (primary N) is 1. The molecule has 0 saturated heterocycles. The Balaban J connectivity index is 2.28. The number of nitrogens with one attached hydrogen (secondary N) is 1. The molecule has 0 saturated carbocycles. The van der Waals surface area contributed by atoms with Gasteiger partial charge in [-0.2, -0.15) is 8.42 Å². The van der Waals surface area contributed by atoms with Gasteiger partial charge in [0.15, 0.2) is 0 Å². The number of rotatable bonds is 2. The third kappa shape index (κ3) is 2.34. The van der Waals surface area contributed by atoms with Gasteiger partial charge in [0.2, 0.25) is 9.84 Å². The average molecular weight is 337 g/mol. The minimum Gasteiger partial charge on any atom is -0.382 e. The van der Waals surface area contributed by atoms with Crippen LogP contribution in [0.2, 0.25) is 0 Å². The molecule has 3 N–H and O–H groups in total. The smallest absolute Gasteiger partial charge is 0.344 e. The van der Waals surface area contributed by atoms with Crippen LogP contribution >= 0.6 is 0 Å². The molecule has 2 aromatic rings. The normalized spacial score (nSPS) is 16.3.